The van der Waals surface area contributed by atoms with Crippen molar-refractivity contribution in [1.82, 2.24) is 4.98 Å². The van der Waals surface area contributed by atoms with Gasteiger partial charge in [0.25, 0.3) is 11.8 Å². The molecule has 0 aliphatic rings. The first-order valence-corrected chi connectivity index (χ1v) is 9.90. The molecule has 0 spiro atoms. The summed E-state index contributed by atoms with van der Waals surface area (Å²) >= 11 is 0. The van der Waals surface area contributed by atoms with Gasteiger partial charge < -0.3 is 20.1 Å². The van der Waals surface area contributed by atoms with Gasteiger partial charge >= 0.3 is 0 Å². The minimum absolute atomic E-state index is 0.274. The van der Waals surface area contributed by atoms with E-state index >= 15 is 0 Å². The third-order valence-corrected chi connectivity index (χ3v) is 4.31. The summed E-state index contributed by atoms with van der Waals surface area (Å²) in [5, 5.41) is 5.63. The normalized spacial score (nSPS) is 10.5. The summed E-state index contributed by atoms with van der Waals surface area (Å²) in [6.07, 6.45) is 3.08. The van der Waals surface area contributed by atoms with Crippen molar-refractivity contribution in [2.45, 2.75) is 13.8 Å². The summed E-state index contributed by atoms with van der Waals surface area (Å²) in [6, 6.07) is 15.4. The molecule has 1 aromatic heterocycles. The van der Waals surface area contributed by atoms with Gasteiger partial charge in [-0.2, -0.15) is 0 Å². The maximum atomic E-state index is 12.7. The van der Waals surface area contributed by atoms with Crippen LogP contribution in [0.4, 0.5) is 11.4 Å². The summed E-state index contributed by atoms with van der Waals surface area (Å²) in [6.45, 7) is 4.70. The molecular weight excluding hydrogens is 394 g/mol. The molecule has 0 aliphatic carbocycles. The van der Waals surface area contributed by atoms with Gasteiger partial charge in [-0.1, -0.05) is 19.9 Å². The summed E-state index contributed by atoms with van der Waals surface area (Å²) in [7, 11) is 1.50. The number of hydrogen-bond donors (Lipinski definition) is 2. The van der Waals surface area contributed by atoms with Crippen LogP contribution >= 0.6 is 0 Å². The van der Waals surface area contributed by atoms with Gasteiger partial charge in [0.2, 0.25) is 0 Å². The number of pyridine rings is 1. The summed E-state index contributed by atoms with van der Waals surface area (Å²) < 4.78 is 11.1. The smallest absolute Gasteiger partial charge is 0.257 e. The molecule has 0 aliphatic heterocycles. The third-order valence-electron chi connectivity index (χ3n) is 4.31. The van der Waals surface area contributed by atoms with Crippen molar-refractivity contribution in [2.75, 3.05) is 24.4 Å². The molecule has 2 amide bonds. The molecule has 7 heteroatoms. The number of nitrogens with one attached hydrogen (secondary N) is 2. The number of amides is 2. The third kappa shape index (κ3) is 6.05. The van der Waals surface area contributed by atoms with Crippen molar-refractivity contribution in [2.24, 2.45) is 5.92 Å². The fourth-order valence-corrected chi connectivity index (χ4v) is 2.76. The molecule has 0 saturated heterocycles. The summed E-state index contributed by atoms with van der Waals surface area (Å²) in [5.41, 5.74) is 1.93. The zero-order valence-corrected chi connectivity index (χ0v) is 17.7. The molecule has 7 nitrogen and oxygen atoms in total. The highest BCUT2D eigenvalue weighted by Crippen LogP contribution is 2.29. The van der Waals surface area contributed by atoms with Crippen LogP contribution in [0.1, 0.15) is 34.6 Å². The first-order chi connectivity index (χ1) is 15.0. The number of benzene rings is 2. The molecule has 0 bridgehead atoms. The topological polar surface area (TPSA) is 89.5 Å². The lowest BCUT2D eigenvalue weighted by Crippen LogP contribution is -2.14. The van der Waals surface area contributed by atoms with Crippen LogP contribution in [0, 0.1) is 5.92 Å². The van der Waals surface area contributed by atoms with Crippen LogP contribution in [0.3, 0.4) is 0 Å². The van der Waals surface area contributed by atoms with E-state index in [0.29, 0.717) is 46.5 Å². The van der Waals surface area contributed by atoms with Crippen molar-refractivity contribution >= 4 is 23.2 Å². The predicted octanol–water partition coefficient (Wildman–Crippen LogP) is 4.63. The lowest BCUT2D eigenvalue weighted by molar-refractivity contribution is 0.101. The first-order valence-electron chi connectivity index (χ1n) is 9.90. The van der Waals surface area contributed by atoms with Crippen LogP contribution < -0.4 is 20.1 Å². The number of carbonyl (C=O) groups is 2. The van der Waals surface area contributed by atoms with E-state index in [2.05, 4.69) is 29.5 Å². The molecule has 0 radical (unpaired) electrons. The molecule has 0 unspecified atom stereocenters. The summed E-state index contributed by atoms with van der Waals surface area (Å²) in [4.78, 5) is 29.0. The Bertz CT molecular complexity index is 1050. The number of nitrogens with zero attached hydrogens (tertiary/aromatic N) is 1. The predicted molar refractivity (Wildman–Crippen MR) is 120 cm³/mol. The van der Waals surface area contributed by atoms with E-state index in [1.807, 2.05) is 6.07 Å². The van der Waals surface area contributed by atoms with Gasteiger partial charge in [-0.15, -0.1) is 0 Å². The van der Waals surface area contributed by atoms with Crippen LogP contribution in [0.15, 0.2) is 67.0 Å². The Hall–Kier alpha value is -3.87. The fourth-order valence-electron chi connectivity index (χ4n) is 2.76. The average Bonchev–Trinajstić information content (AvgIpc) is 2.79. The van der Waals surface area contributed by atoms with E-state index in [4.69, 9.17) is 9.47 Å². The molecular formula is C24H25N3O4. The summed E-state index contributed by atoms with van der Waals surface area (Å²) in [5.74, 6) is 0.879. The SMILES string of the molecule is COc1cc(NC(=O)c2cccc(OCC(C)C)c2)ccc1NC(=O)c1cccnc1. The van der Waals surface area contributed by atoms with Gasteiger partial charge in [0, 0.05) is 29.7 Å². The van der Waals surface area contributed by atoms with Crippen molar-refractivity contribution in [3.8, 4) is 11.5 Å². The minimum atomic E-state index is -0.304. The maximum Gasteiger partial charge on any atom is 0.257 e. The van der Waals surface area contributed by atoms with Crippen molar-refractivity contribution in [1.29, 1.82) is 0 Å². The Balaban J connectivity index is 1.70. The molecule has 0 fully saturated rings. The van der Waals surface area contributed by atoms with E-state index < -0.39 is 0 Å². The number of ether oxygens (including phenoxy) is 2. The van der Waals surface area contributed by atoms with Crippen LogP contribution in [0.25, 0.3) is 0 Å². The second-order valence-electron chi connectivity index (χ2n) is 7.30. The van der Waals surface area contributed by atoms with Crippen molar-refractivity contribution in [3.05, 3.63) is 78.1 Å². The largest absolute Gasteiger partial charge is 0.494 e. The maximum absolute atomic E-state index is 12.7. The second-order valence-corrected chi connectivity index (χ2v) is 7.30. The highest BCUT2D eigenvalue weighted by atomic mass is 16.5. The van der Waals surface area contributed by atoms with Crippen LogP contribution in [0.5, 0.6) is 11.5 Å². The Kier molecular flexibility index (Phi) is 7.22. The highest BCUT2D eigenvalue weighted by Gasteiger charge is 2.13. The Morgan fingerprint density at radius 2 is 1.74 bits per heavy atom. The number of hydrogen-bond acceptors (Lipinski definition) is 5. The van der Waals surface area contributed by atoms with Crippen molar-refractivity contribution < 1.29 is 19.1 Å². The molecule has 2 N–H and O–H groups in total. The molecule has 160 valence electrons. The molecule has 0 saturated carbocycles. The molecule has 2 aromatic carbocycles. The second kappa shape index (κ2) is 10.2. The molecule has 0 atom stereocenters. The average molecular weight is 419 g/mol. The molecule has 3 aromatic rings. The van der Waals surface area contributed by atoms with E-state index in [0.717, 1.165) is 0 Å². The number of anilines is 2. The van der Waals surface area contributed by atoms with Crippen molar-refractivity contribution in [3.63, 3.8) is 0 Å². The Morgan fingerprint density at radius 3 is 2.45 bits per heavy atom. The van der Waals surface area contributed by atoms with Gasteiger partial charge in [0.15, 0.2) is 0 Å². The van der Waals surface area contributed by atoms with Crippen LogP contribution in [0.2, 0.25) is 0 Å². The molecule has 3 rings (SSSR count). The van der Waals surface area contributed by atoms with Gasteiger partial charge in [0.1, 0.15) is 11.5 Å². The zero-order chi connectivity index (χ0) is 22.2. The van der Waals surface area contributed by atoms with Crippen LogP contribution in [-0.2, 0) is 0 Å². The van der Waals surface area contributed by atoms with E-state index in [9.17, 15) is 9.59 Å². The monoisotopic (exact) mass is 419 g/mol. The fraction of sp³-hybridized carbons (Fsp3) is 0.208. The Morgan fingerprint density at radius 1 is 0.968 bits per heavy atom. The highest BCUT2D eigenvalue weighted by molar-refractivity contribution is 6.06. The molecule has 31 heavy (non-hydrogen) atoms. The quantitative estimate of drug-likeness (QED) is 0.556. The van der Waals surface area contributed by atoms with E-state index in [1.54, 1.807) is 54.7 Å². The van der Waals surface area contributed by atoms with Gasteiger partial charge in [-0.05, 0) is 48.4 Å². The lowest BCUT2D eigenvalue weighted by atomic mass is 10.2. The van der Waals surface area contributed by atoms with E-state index in [-0.39, 0.29) is 11.8 Å². The Labute approximate surface area is 181 Å². The zero-order valence-electron chi connectivity index (χ0n) is 17.7. The van der Waals surface area contributed by atoms with Gasteiger partial charge in [0.05, 0.1) is 25.0 Å². The van der Waals surface area contributed by atoms with Gasteiger partial charge in [-0.3, -0.25) is 14.6 Å². The number of methoxy groups -OCH3 is 1. The standard InChI is InChI=1S/C24H25N3O4/c1-16(2)15-31-20-8-4-6-17(12-20)23(28)26-19-9-10-21(22(13-19)30-3)27-24(29)18-7-5-11-25-14-18/h4-14,16H,15H2,1-3H3,(H,26,28)(H,27,29). The number of carbonyl (C=O) groups excluding carboxylic acids is 2. The lowest BCUT2D eigenvalue weighted by Gasteiger charge is -2.13. The number of rotatable bonds is 8. The first kappa shape index (κ1) is 21.8. The van der Waals surface area contributed by atoms with E-state index in [1.165, 1.54) is 13.3 Å². The van der Waals surface area contributed by atoms with Gasteiger partial charge in [-0.25, -0.2) is 0 Å². The molecule has 1 heterocycles. The minimum Gasteiger partial charge on any atom is -0.494 e. The number of aromatic nitrogens is 1. The van der Waals surface area contributed by atoms with Crippen LogP contribution in [-0.4, -0.2) is 30.5 Å².